The Bertz CT molecular complexity index is 1650. The van der Waals surface area contributed by atoms with Crippen LogP contribution in [0.3, 0.4) is 0 Å². The number of methoxy groups -OCH3 is 1. The molecule has 5 aromatic rings. The number of hydrogen-bond acceptors (Lipinski definition) is 8. The topological polar surface area (TPSA) is 148 Å². The van der Waals surface area contributed by atoms with Crippen LogP contribution in [-0.2, 0) is 28.9 Å². The smallest absolute Gasteiger partial charge is 0.336 e. The van der Waals surface area contributed by atoms with Gasteiger partial charge in [0.15, 0.2) is 6.10 Å². The van der Waals surface area contributed by atoms with E-state index in [1.807, 2.05) is 83.5 Å². The van der Waals surface area contributed by atoms with Crippen molar-refractivity contribution in [1.82, 2.24) is 35.7 Å². The van der Waals surface area contributed by atoms with Gasteiger partial charge in [0.1, 0.15) is 5.69 Å². The Morgan fingerprint density at radius 3 is 2.37 bits per heavy atom. The minimum absolute atomic E-state index is 0.212. The summed E-state index contributed by atoms with van der Waals surface area (Å²) in [7, 11) is 1.20. The van der Waals surface area contributed by atoms with Gasteiger partial charge in [0, 0.05) is 11.3 Å². The van der Waals surface area contributed by atoms with Crippen molar-refractivity contribution in [2.24, 2.45) is 0 Å². The Hall–Kier alpha value is -5.16. The fraction of sp³-hybridized carbons (Fsp3) is 0.250. The average molecular weight is 580 g/mol. The molecule has 3 N–H and O–H groups in total. The maximum atomic E-state index is 13.3. The number of nitrogens with zero attached hydrogens (tertiary/aromatic N) is 5. The number of aromatic amines is 1. The standard InChI is InChI=1S/C32H33N7O4/c1-3-9-24-19-28(31(41)33-27(29(40)32(42)43-2)18-21-10-5-4-6-11-21)36-39(24)20-22-14-16-23(17-15-22)25-12-7-8-13-26(25)30-34-37-38-35-30/h4-8,10-17,19,27,29,40H,3,9,18,20H2,1-2H3,(H,33,41)(H,34,35,37,38). The number of aryl methyl sites for hydroxylation is 1. The second-order valence-corrected chi connectivity index (χ2v) is 10.1. The maximum absolute atomic E-state index is 13.3. The molecule has 0 bridgehead atoms. The van der Waals surface area contributed by atoms with Crippen LogP contribution in [0.4, 0.5) is 0 Å². The van der Waals surface area contributed by atoms with E-state index < -0.39 is 24.0 Å². The van der Waals surface area contributed by atoms with Gasteiger partial charge in [-0.1, -0.05) is 92.2 Å². The molecule has 11 nitrogen and oxygen atoms in total. The second kappa shape index (κ2) is 13.7. The van der Waals surface area contributed by atoms with E-state index in [0.29, 0.717) is 12.4 Å². The zero-order valence-electron chi connectivity index (χ0n) is 24.0. The number of nitrogens with one attached hydrogen (secondary N) is 2. The van der Waals surface area contributed by atoms with Crippen molar-refractivity contribution >= 4 is 11.9 Å². The minimum Gasteiger partial charge on any atom is -0.467 e. The lowest BCUT2D eigenvalue weighted by Crippen LogP contribution is -2.48. The fourth-order valence-corrected chi connectivity index (χ4v) is 4.97. The number of carbonyl (C=O) groups is 2. The van der Waals surface area contributed by atoms with E-state index in [2.05, 4.69) is 38.0 Å². The number of amides is 1. The van der Waals surface area contributed by atoms with Gasteiger partial charge in [-0.15, -0.1) is 10.2 Å². The van der Waals surface area contributed by atoms with Crippen LogP contribution in [-0.4, -0.2) is 66.6 Å². The van der Waals surface area contributed by atoms with E-state index >= 15 is 0 Å². The van der Waals surface area contributed by atoms with Crippen LogP contribution in [0.2, 0.25) is 0 Å². The van der Waals surface area contributed by atoms with E-state index in [-0.39, 0.29) is 12.1 Å². The first-order valence-corrected chi connectivity index (χ1v) is 14.1. The van der Waals surface area contributed by atoms with E-state index in [1.54, 1.807) is 6.07 Å². The zero-order chi connectivity index (χ0) is 30.2. The number of aliphatic hydroxyl groups is 1. The lowest BCUT2D eigenvalue weighted by atomic mass is 9.98. The first-order chi connectivity index (χ1) is 21.0. The van der Waals surface area contributed by atoms with Gasteiger partial charge >= 0.3 is 5.97 Å². The van der Waals surface area contributed by atoms with E-state index in [1.165, 1.54) is 7.11 Å². The van der Waals surface area contributed by atoms with Crippen molar-refractivity contribution in [2.75, 3.05) is 7.11 Å². The SMILES string of the molecule is CCCc1cc(C(=O)NC(Cc2ccccc2)C(O)C(=O)OC)nn1Cc1ccc(-c2ccccc2-c2nn[nH]n2)cc1. The predicted octanol–water partition coefficient (Wildman–Crippen LogP) is 3.61. The van der Waals surface area contributed by atoms with Crippen molar-refractivity contribution in [1.29, 1.82) is 0 Å². The van der Waals surface area contributed by atoms with Gasteiger partial charge in [0.2, 0.25) is 5.82 Å². The highest BCUT2D eigenvalue weighted by atomic mass is 16.5. The lowest BCUT2D eigenvalue weighted by molar-refractivity contribution is -0.151. The van der Waals surface area contributed by atoms with Gasteiger partial charge in [-0.3, -0.25) is 9.48 Å². The lowest BCUT2D eigenvalue weighted by Gasteiger charge is -2.22. The Morgan fingerprint density at radius 1 is 0.977 bits per heavy atom. The highest BCUT2D eigenvalue weighted by Crippen LogP contribution is 2.30. The molecule has 0 aliphatic heterocycles. The van der Waals surface area contributed by atoms with Crippen molar-refractivity contribution in [2.45, 2.75) is 44.9 Å². The van der Waals surface area contributed by atoms with Gasteiger partial charge in [-0.05, 0) is 46.4 Å². The average Bonchev–Trinajstić information content (AvgIpc) is 3.72. The quantitative estimate of drug-likeness (QED) is 0.190. The van der Waals surface area contributed by atoms with Gasteiger partial charge in [-0.2, -0.15) is 10.3 Å². The maximum Gasteiger partial charge on any atom is 0.336 e. The molecule has 2 heterocycles. The predicted molar refractivity (Wildman–Crippen MR) is 160 cm³/mol. The molecular weight excluding hydrogens is 546 g/mol. The summed E-state index contributed by atoms with van der Waals surface area (Å²) < 4.78 is 6.55. The van der Waals surface area contributed by atoms with E-state index in [4.69, 9.17) is 4.74 Å². The fourth-order valence-electron chi connectivity index (χ4n) is 4.97. The normalized spacial score (nSPS) is 12.4. The first kappa shape index (κ1) is 29.3. The van der Waals surface area contributed by atoms with Crippen LogP contribution in [0.15, 0.2) is 84.9 Å². The van der Waals surface area contributed by atoms with Crippen LogP contribution in [0, 0.1) is 0 Å². The molecule has 0 saturated heterocycles. The largest absolute Gasteiger partial charge is 0.467 e. The summed E-state index contributed by atoms with van der Waals surface area (Å²) in [4.78, 5) is 25.5. The van der Waals surface area contributed by atoms with Crippen molar-refractivity contribution in [3.63, 3.8) is 0 Å². The Morgan fingerprint density at radius 2 is 1.70 bits per heavy atom. The van der Waals surface area contributed by atoms with Gasteiger partial charge in [-0.25, -0.2) is 4.79 Å². The number of aliphatic hydroxyl groups excluding tert-OH is 1. The molecule has 0 saturated carbocycles. The minimum atomic E-state index is -1.53. The number of rotatable bonds is 12. The highest BCUT2D eigenvalue weighted by molar-refractivity contribution is 5.93. The zero-order valence-corrected chi connectivity index (χ0v) is 24.0. The van der Waals surface area contributed by atoms with Crippen LogP contribution >= 0.6 is 0 Å². The monoisotopic (exact) mass is 579 g/mol. The summed E-state index contributed by atoms with van der Waals surface area (Å²) >= 11 is 0. The summed E-state index contributed by atoms with van der Waals surface area (Å²) in [5, 5.41) is 32.5. The molecule has 2 unspecified atom stereocenters. The number of esters is 1. The number of hydrogen-bond donors (Lipinski definition) is 3. The molecule has 0 aliphatic rings. The molecule has 43 heavy (non-hydrogen) atoms. The summed E-state index contributed by atoms with van der Waals surface area (Å²) in [6.45, 7) is 2.53. The van der Waals surface area contributed by atoms with Crippen LogP contribution in [0.25, 0.3) is 22.5 Å². The molecule has 220 valence electrons. The summed E-state index contributed by atoms with van der Waals surface area (Å²) in [6.07, 6.45) is 0.313. The third-order valence-corrected chi connectivity index (χ3v) is 7.15. The molecule has 2 aromatic heterocycles. The molecule has 0 spiro atoms. The van der Waals surface area contributed by atoms with Crippen LogP contribution in [0.5, 0.6) is 0 Å². The van der Waals surface area contributed by atoms with Crippen LogP contribution < -0.4 is 5.32 Å². The highest BCUT2D eigenvalue weighted by Gasteiger charge is 2.30. The molecule has 0 fully saturated rings. The molecule has 5 rings (SSSR count). The van der Waals surface area contributed by atoms with E-state index in [9.17, 15) is 14.7 Å². The molecule has 11 heteroatoms. The number of tetrazole rings is 1. The second-order valence-electron chi connectivity index (χ2n) is 10.1. The van der Waals surface area contributed by atoms with Crippen molar-refractivity contribution in [3.8, 4) is 22.5 Å². The summed E-state index contributed by atoms with van der Waals surface area (Å²) in [6, 6.07) is 26.2. The molecule has 3 aromatic carbocycles. The molecule has 2 atom stereocenters. The van der Waals surface area contributed by atoms with Gasteiger partial charge in [0.05, 0.1) is 19.7 Å². The van der Waals surface area contributed by atoms with Gasteiger partial charge < -0.3 is 15.2 Å². The number of aromatic nitrogens is 6. The number of H-pyrrole nitrogens is 1. The molecule has 0 aliphatic carbocycles. The van der Waals surface area contributed by atoms with Gasteiger partial charge in [0.25, 0.3) is 5.91 Å². The molecular formula is C32H33N7O4. The van der Waals surface area contributed by atoms with Crippen molar-refractivity contribution in [3.05, 3.63) is 107 Å². The van der Waals surface area contributed by atoms with Crippen molar-refractivity contribution < 1.29 is 19.4 Å². The number of ether oxygens (including phenoxy) is 1. The Balaban J connectivity index is 1.34. The third kappa shape index (κ3) is 7.02. The Labute approximate surface area is 248 Å². The number of benzene rings is 3. The first-order valence-electron chi connectivity index (χ1n) is 14.1. The van der Waals surface area contributed by atoms with Crippen LogP contribution in [0.1, 0.15) is 40.7 Å². The molecule has 1 amide bonds. The number of carbonyl (C=O) groups excluding carboxylic acids is 2. The summed E-state index contributed by atoms with van der Waals surface area (Å²) in [5.74, 6) is -0.772. The summed E-state index contributed by atoms with van der Waals surface area (Å²) in [5.41, 5.74) is 5.86. The Kier molecular flexibility index (Phi) is 9.33. The third-order valence-electron chi connectivity index (χ3n) is 7.15. The molecule has 0 radical (unpaired) electrons. The van der Waals surface area contributed by atoms with E-state index in [0.717, 1.165) is 46.4 Å².